The summed E-state index contributed by atoms with van der Waals surface area (Å²) in [4.78, 5) is 70.5. The van der Waals surface area contributed by atoms with E-state index in [1.165, 1.54) is 0 Å². The van der Waals surface area contributed by atoms with Crippen LogP contribution in [-0.4, -0.2) is 81.5 Å². The predicted octanol–water partition coefficient (Wildman–Crippen LogP) is -3.25. The molecule has 156 valence electrons. The largest absolute Gasteiger partial charge is 0.480 e. The number of rotatable bonds is 4. The lowest BCUT2D eigenvalue weighted by Gasteiger charge is -2.24. The molecule has 4 amide bonds. The molecule has 0 bridgehead atoms. The lowest BCUT2D eigenvalue weighted by Crippen LogP contribution is -2.57. The molecular formula is C14H20N4O8S2. The maximum absolute atomic E-state index is 12.2. The normalized spacial score (nSPS) is 24.5. The van der Waals surface area contributed by atoms with Crippen molar-refractivity contribution in [1.29, 1.82) is 0 Å². The summed E-state index contributed by atoms with van der Waals surface area (Å²) >= 11 is 7.59. The van der Waals surface area contributed by atoms with Gasteiger partial charge in [-0.25, -0.2) is 0 Å². The molecule has 12 nitrogen and oxygen atoms in total. The second-order valence-electron chi connectivity index (χ2n) is 5.74. The Bertz CT molecular complexity index is 618. The topological polar surface area (TPSA) is 191 Å². The van der Waals surface area contributed by atoms with Gasteiger partial charge in [0.2, 0.25) is 23.6 Å². The quantitative estimate of drug-likeness (QED) is 0.211. The standard InChI is InChI=1S/C14H20N4O8S2/c19-5-1-3-15-11(21)8(10(28)14(25)26)18-6(20)2-4-16-12(22)7(17-5)9(27)13(23)24/h7-10,27-28H,1-4H2,(H,15,21)(H,16,22)(H,17,19)(H,18,20)(H,23,24)(H,25,26)/t7-,8-,9?,10?/m0/s1. The van der Waals surface area contributed by atoms with Crippen molar-refractivity contribution in [2.75, 3.05) is 13.1 Å². The fourth-order valence-corrected chi connectivity index (χ4v) is 2.59. The molecule has 4 atom stereocenters. The molecule has 0 aliphatic carbocycles. The van der Waals surface area contributed by atoms with E-state index in [9.17, 15) is 28.8 Å². The van der Waals surface area contributed by atoms with Crippen molar-refractivity contribution in [3.05, 3.63) is 0 Å². The van der Waals surface area contributed by atoms with E-state index in [1.807, 2.05) is 0 Å². The first-order chi connectivity index (χ1) is 13.0. The highest BCUT2D eigenvalue weighted by Crippen LogP contribution is 2.06. The number of carbonyl (C=O) groups excluding carboxylic acids is 4. The first kappa shape index (κ1) is 23.6. The summed E-state index contributed by atoms with van der Waals surface area (Å²) in [7, 11) is 0. The zero-order valence-corrected chi connectivity index (χ0v) is 16.2. The summed E-state index contributed by atoms with van der Waals surface area (Å²) in [5.74, 6) is -6.07. The number of nitrogens with one attached hydrogen (secondary N) is 4. The van der Waals surface area contributed by atoms with Gasteiger partial charge in [0, 0.05) is 25.9 Å². The van der Waals surface area contributed by atoms with Gasteiger partial charge in [-0.15, -0.1) is 0 Å². The lowest BCUT2D eigenvalue weighted by molar-refractivity contribution is -0.141. The summed E-state index contributed by atoms with van der Waals surface area (Å²) < 4.78 is 0. The highest BCUT2D eigenvalue weighted by Gasteiger charge is 2.34. The Morgan fingerprint density at radius 2 is 1.11 bits per heavy atom. The van der Waals surface area contributed by atoms with Crippen molar-refractivity contribution < 1.29 is 39.0 Å². The van der Waals surface area contributed by atoms with Gasteiger partial charge < -0.3 is 31.5 Å². The fraction of sp³-hybridized carbons (Fsp3) is 0.571. The van der Waals surface area contributed by atoms with Crippen LogP contribution < -0.4 is 21.3 Å². The fourth-order valence-electron chi connectivity index (χ4n) is 2.17. The monoisotopic (exact) mass is 436 g/mol. The van der Waals surface area contributed by atoms with Crippen LogP contribution >= 0.6 is 25.3 Å². The molecule has 1 rings (SSSR count). The van der Waals surface area contributed by atoms with Crippen molar-refractivity contribution in [3.8, 4) is 0 Å². The van der Waals surface area contributed by atoms with Crippen molar-refractivity contribution in [1.82, 2.24) is 21.3 Å². The Morgan fingerprint density at radius 3 is 1.39 bits per heavy atom. The van der Waals surface area contributed by atoms with Crippen molar-refractivity contribution in [3.63, 3.8) is 0 Å². The molecule has 1 fully saturated rings. The average molecular weight is 436 g/mol. The third-order valence-corrected chi connectivity index (χ3v) is 4.68. The van der Waals surface area contributed by atoms with Crippen molar-refractivity contribution in [2.45, 2.75) is 35.4 Å². The molecule has 2 unspecified atom stereocenters. The maximum atomic E-state index is 12.2. The number of amides is 4. The van der Waals surface area contributed by atoms with E-state index in [1.54, 1.807) is 0 Å². The Labute approximate surface area is 170 Å². The van der Waals surface area contributed by atoms with Crippen LogP contribution in [0.15, 0.2) is 0 Å². The number of carboxylic acid groups (broad SMARTS) is 2. The molecule has 14 heteroatoms. The summed E-state index contributed by atoms with van der Waals surface area (Å²) in [5, 5.41) is 24.0. The van der Waals surface area contributed by atoms with Gasteiger partial charge in [-0.1, -0.05) is 0 Å². The minimum atomic E-state index is -1.54. The van der Waals surface area contributed by atoms with E-state index in [-0.39, 0.29) is 25.9 Å². The second kappa shape index (κ2) is 10.8. The van der Waals surface area contributed by atoms with Gasteiger partial charge in [-0.05, 0) is 0 Å². The van der Waals surface area contributed by atoms with Crippen molar-refractivity contribution in [2.24, 2.45) is 0 Å². The first-order valence-corrected chi connectivity index (χ1v) is 9.03. The summed E-state index contributed by atoms with van der Waals surface area (Å²) in [6.45, 7) is -0.508. The van der Waals surface area contributed by atoms with Crippen LogP contribution in [0.2, 0.25) is 0 Å². The molecule has 0 aromatic carbocycles. The van der Waals surface area contributed by atoms with Crippen LogP contribution in [0.5, 0.6) is 0 Å². The van der Waals surface area contributed by atoms with Crippen LogP contribution in [0.3, 0.4) is 0 Å². The number of carbonyl (C=O) groups is 6. The SMILES string of the molecule is O=C1CCNC(=O)[C@H](C(S)C(=O)O)NC(=O)CCNC(=O)[C@H](C(S)C(=O)O)N1. The molecule has 6 N–H and O–H groups in total. The first-order valence-electron chi connectivity index (χ1n) is 8.00. The van der Waals surface area contributed by atoms with Gasteiger partial charge >= 0.3 is 11.9 Å². The molecule has 28 heavy (non-hydrogen) atoms. The Balaban J connectivity index is 2.98. The predicted molar refractivity (Wildman–Crippen MR) is 99.9 cm³/mol. The highest BCUT2D eigenvalue weighted by molar-refractivity contribution is 7.82. The third kappa shape index (κ3) is 6.92. The molecule has 0 aromatic rings. The van der Waals surface area contributed by atoms with Gasteiger partial charge in [0.1, 0.15) is 22.6 Å². The minimum Gasteiger partial charge on any atom is -0.480 e. The van der Waals surface area contributed by atoms with Gasteiger partial charge in [-0.3, -0.25) is 28.8 Å². The molecule has 1 heterocycles. The van der Waals surface area contributed by atoms with E-state index >= 15 is 0 Å². The minimum absolute atomic E-state index is 0.254. The zero-order chi connectivity index (χ0) is 21.4. The Morgan fingerprint density at radius 1 is 0.786 bits per heavy atom. The number of thiol groups is 2. The second-order valence-corrected chi connectivity index (χ2v) is 6.85. The number of hydrogen-bond donors (Lipinski definition) is 8. The summed E-state index contributed by atoms with van der Waals surface area (Å²) in [5.41, 5.74) is 0. The summed E-state index contributed by atoms with van der Waals surface area (Å²) in [6, 6.07) is -3.01. The molecule has 1 aliphatic heterocycles. The van der Waals surface area contributed by atoms with Crippen molar-refractivity contribution >= 4 is 60.8 Å². The molecule has 0 radical (unpaired) electrons. The molecule has 0 saturated carbocycles. The van der Waals surface area contributed by atoms with Crippen LogP contribution in [0, 0.1) is 0 Å². The number of carboxylic acids is 2. The van der Waals surface area contributed by atoms with E-state index in [0.717, 1.165) is 0 Å². The average Bonchev–Trinajstić information content (AvgIpc) is 2.61. The van der Waals surface area contributed by atoms with E-state index in [4.69, 9.17) is 10.2 Å². The van der Waals surface area contributed by atoms with E-state index in [2.05, 4.69) is 46.5 Å². The van der Waals surface area contributed by atoms with Crippen LogP contribution in [0.25, 0.3) is 0 Å². The molecule has 0 spiro atoms. The van der Waals surface area contributed by atoms with Gasteiger partial charge in [-0.2, -0.15) is 25.3 Å². The zero-order valence-electron chi connectivity index (χ0n) is 14.4. The molecular weight excluding hydrogens is 416 g/mol. The Kier molecular flexibility index (Phi) is 9.05. The molecule has 1 aliphatic rings. The molecule has 0 aromatic heterocycles. The smallest absolute Gasteiger partial charge is 0.319 e. The van der Waals surface area contributed by atoms with Crippen LogP contribution in [0.1, 0.15) is 12.8 Å². The number of hydrogen-bond acceptors (Lipinski definition) is 8. The number of aliphatic carboxylic acids is 2. The van der Waals surface area contributed by atoms with Gasteiger partial charge in [0.15, 0.2) is 0 Å². The van der Waals surface area contributed by atoms with Gasteiger partial charge in [0.25, 0.3) is 0 Å². The Hall–Kier alpha value is -2.48. The van der Waals surface area contributed by atoms with Crippen LogP contribution in [0.4, 0.5) is 0 Å². The third-order valence-electron chi connectivity index (χ3n) is 3.64. The van der Waals surface area contributed by atoms with Crippen LogP contribution in [-0.2, 0) is 28.8 Å². The van der Waals surface area contributed by atoms with Gasteiger partial charge in [0.05, 0.1) is 0 Å². The lowest BCUT2D eigenvalue weighted by atomic mass is 10.1. The van der Waals surface area contributed by atoms with E-state index in [0.29, 0.717) is 0 Å². The molecule has 1 saturated heterocycles. The maximum Gasteiger partial charge on any atom is 0.319 e. The van der Waals surface area contributed by atoms with E-state index < -0.39 is 58.2 Å². The summed E-state index contributed by atoms with van der Waals surface area (Å²) in [6.07, 6.45) is -0.665. The highest BCUT2D eigenvalue weighted by atomic mass is 32.1.